The maximum atomic E-state index is 14.6. The molecule has 12 heteroatoms. The number of anilines is 2. The molecule has 3 saturated heterocycles. The van der Waals surface area contributed by atoms with Gasteiger partial charge in [0.05, 0.1) is 34.8 Å². The van der Waals surface area contributed by atoms with E-state index >= 15 is 0 Å². The van der Waals surface area contributed by atoms with E-state index in [1.165, 1.54) is 0 Å². The molecule has 2 aromatic heterocycles. The van der Waals surface area contributed by atoms with Gasteiger partial charge in [0, 0.05) is 81.6 Å². The molecule has 2 aromatic carbocycles. The van der Waals surface area contributed by atoms with Crippen LogP contribution < -0.4 is 14.5 Å². The number of carbonyl (C=O) groups excluding carboxylic acids is 1. The summed E-state index contributed by atoms with van der Waals surface area (Å²) in [6, 6.07) is 12.7. The average molecular weight is 685 g/mol. The van der Waals surface area contributed by atoms with E-state index in [0.717, 1.165) is 83.0 Å². The van der Waals surface area contributed by atoms with Crippen molar-refractivity contribution in [1.82, 2.24) is 29.3 Å². The number of likely N-dealkylation sites (tertiary alicyclic amines) is 1. The van der Waals surface area contributed by atoms with Crippen LogP contribution >= 0.6 is 11.6 Å². The number of aryl methyl sites for hydroxylation is 1. The lowest BCUT2D eigenvalue weighted by Gasteiger charge is -2.35. The van der Waals surface area contributed by atoms with Gasteiger partial charge >= 0.3 is 6.01 Å². The molecule has 4 aromatic rings. The van der Waals surface area contributed by atoms with Gasteiger partial charge in [-0.05, 0) is 55.8 Å². The molecule has 0 saturated carbocycles. The predicted octanol–water partition coefficient (Wildman–Crippen LogP) is 5.29. The van der Waals surface area contributed by atoms with E-state index in [-0.39, 0.29) is 17.5 Å². The number of nitrogens with zero attached hydrogens (tertiary/aromatic N) is 8. The van der Waals surface area contributed by atoms with Gasteiger partial charge in [0.25, 0.3) is 0 Å². The molecule has 0 radical (unpaired) electrons. The standard InChI is InChI=1S/C37H42ClFN8O2/c1-43-20-27(40-24-43)10-11-33(48)46-16-12-28(21-46)44(2)35-29-13-17-45(32-9-4-7-25-6-3-8-30(38)34(25)32)22-31(29)41-36(42-35)49-23-37-14-5-15-47(37)19-26(39)18-37/h3-4,6-11,20,24,26,28H,5,12-19,21-23H2,1-2H3/b11-10+/t26?,28-,37+/m1/s1. The van der Waals surface area contributed by atoms with Gasteiger partial charge in [0.1, 0.15) is 18.6 Å². The molecule has 256 valence electrons. The number of fused-ring (bicyclic) bond motifs is 3. The van der Waals surface area contributed by atoms with Crippen molar-refractivity contribution in [3.05, 3.63) is 77.0 Å². The minimum atomic E-state index is -0.831. The van der Waals surface area contributed by atoms with Crippen LogP contribution in [0, 0.1) is 0 Å². The number of imidazole rings is 1. The van der Waals surface area contributed by atoms with E-state index in [2.05, 4.69) is 51.0 Å². The maximum absolute atomic E-state index is 14.6. The second-order valence-corrected chi connectivity index (χ2v) is 14.4. The third-order valence-electron chi connectivity index (χ3n) is 10.9. The van der Waals surface area contributed by atoms with Crippen LogP contribution in [-0.4, -0.2) is 99.4 Å². The summed E-state index contributed by atoms with van der Waals surface area (Å²) in [5.74, 6) is 0.817. The minimum Gasteiger partial charge on any atom is -0.461 e. The first-order chi connectivity index (χ1) is 23.8. The lowest BCUT2D eigenvalue weighted by Crippen LogP contribution is -2.44. The molecule has 0 spiro atoms. The highest BCUT2D eigenvalue weighted by atomic mass is 35.5. The SMILES string of the molecule is CN(c1nc(OC[C@@]23CCCN2CC(F)C3)nc2c1CCN(c1cccc3cccc(Cl)c13)C2)[C@@H]1CCN(C(=O)/C=C/c2cn(C)cn2)C1. The van der Waals surface area contributed by atoms with Crippen LogP contribution in [0.5, 0.6) is 6.01 Å². The Kier molecular flexibility index (Phi) is 8.43. The van der Waals surface area contributed by atoms with E-state index in [9.17, 15) is 9.18 Å². The fourth-order valence-electron chi connectivity index (χ4n) is 8.35. The predicted molar refractivity (Wildman–Crippen MR) is 190 cm³/mol. The Labute approximate surface area is 291 Å². The number of halogens is 2. The number of amides is 1. The highest BCUT2D eigenvalue weighted by Gasteiger charge is 2.49. The number of benzene rings is 2. The molecular formula is C37H42ClFN8O2. The van der Waals surface area contributed by atoms with Crippen molar-refractivity contribution < 1.29 is 13.9 Å². The number of rotatable bonds is 8. The zero-order valence-electron chi connectivity index (χ0n) is 28.1. The number of alkyl halides is 1. The Balaban J connectivity index is 1.07. The molecule has 0 aliphatic carbocycles. The largest absolute Gasteiger partial charge is 0.461 e. The molecule has 1 amide bonds. The molecule has 4 aliphatic heterocycles. The molecule has 49 heavy (non-hydrogen) atoms. The zero-order valence-corrected chi connectivity index (χ0v) is 28.8. The smallest absolute Gasteiger partial charge is 0.318 e. The number of carbonyl (C=O) groups is 1. The number of hydrogen-bond acceptors (Lipinski definition) is 8. The summed E-state index contributed by atoms with van der Waals surface area (Å²) in [5, 5.41) is 2.86. The van der Waals surface area contributed by atoms with Crippen LogP contribution in [0.2, 0.25) is 5.02 Å². The normalized spacial score (nSPS) is 23.8. The molecule has 8 rings (SSSR count). The van der Waals surface area contributed by atoms with E-state index < -0.39 is 6.17 Å². The van der Waals surface area contributed by atoms with Gasteiger partial charge in [-0.1, -0.05) is 35.9 Å². The van der Waals surface area contributed by atoms with E-state index in [4.69, 9.17) is 26.3 Å². The van der Waals surface area contributed by atoms with Crippen LogP contribution in [0.25, 0.3) is 16.8 Å². The van der Waals surface area contributed by atoms with Gasteiger partial charge < -0.3 is 24.0 Å². The highest BCUT2D eigenvalue weighted by Crippen LogP contribution is 2.41. The van der Waals surface area contributed by atoms with Crippen molar-refractivity contribution in [3.63, 3.8) is 0 Å². The summed E-state index contributed by atoms with van der Waals surface area (Å²) in [5.41, 5.74) is 3.55. The lowest BCUT2D eigenvalue weighted by molar-refractivity contribution is -0.124. The Morgan fingerprint density at radius 2 is 2.02 bits per heavy atom. The van der Waals surface area contributed by atoms with Crippen LogP contribution in [-0.2, 0) is 24.8 Å². The number of aromatic nitrogens is 4. The molecule has 6 heterocycles. The molecule has 0 bridgehead atoms. The van der Waals surface area contributed by atoms with Crippen LogP contribution in [0.4, 0.5) is 15.9 Å². The van der Waals surface area contributed by atoms with Gasteiger partial charge in [-0.25, -0.2) is 9.37 Å². The van der Waals surface area contributed by atoms with Crippen molar-refractivity contribution in [2.24, 2.45) is 7.05 Å². The second kappa shape index (κ2) is 12.9. The number of ether oxygens (including phenoxy) is 1. The highest BCUT2D eigenvalue weighted by molar-refractivity contribution is 6.36. The van der Waals surface area contributed by atoms with Crippen LogP contribution in [0.1, 0.15) is 42.6 Å². The van der Waals surface area contributed by atoms with Crippen molar-refractivity contribution in [2.75, 3.05) is 56.2 Å². The molecule has 3 atom stereocenters. The second-order valence-electron chi connectivity index (χ2n) is 14.0. The quantitative estimate of drug-likeness (QED) is 0.232. The molecule has 3 fully saturated rings. The van der Waals surface area contributed by atoms with Gasteiger partial charge in [-0.3, -0.25) is 9.69 Å². The van der Waals surface area contributed by atoms with E-state index in [1.807, 2.05) is 34.8 Å². The van der Waals surface area contributed by atoms with Gasteiger partial charge in [0.15, 0.2) is 0 Å². The number of hydrogen-bond donors (Lipinski definition) is 0. The summed E-state index contributed by atoms with van der Waals surface area (Å²) < 4.78 is 22.9. The summed E-state index contributed by atoms with van der Waals surface area (Å²) in [6.45, 7) is 4.36. The summed E-state index contributed by atoms with van der Waals surface area (Å²) in [4.78, 5) is 36.2. The first-order valence-electron chi connectivity index (χ1n) is 17.3. The zero-order chi connectivity index (χ0) is 33.7. The van der Waals surface area contributed by atoms with Crippen molar-refractivity contribution >= 4 is 45.9 Å². The molecule has 10 nitrogen and oxygen atoms in total. The maximum Gasteiger partial charge on any atom is 0.318 e. The molecule has 1 unspecified atom stereocenters. The van der Waals surface area contributed by atoms with E-state index in [1.54, 1.807) is 18.5 Å². The summed E-state index contributed by atoms with van der Waals surface area (Å²) in [6.07, 6.45) is 10.2. The Morgan fingerprint density at radius 1 is 1.16 bits per heavy atom. The third-order valence-corrected chi connectivity index (χ3v) is 11.2. The van der Waals surface area contributed by atoms with Gasteiger partial charge in [-0.2, -0.15) is 9.97 Å². The minimum absolute atomic E-state index is 0.0252. The van der Waals surface area contributed by atoms with Gasteiger partial charge in [0.2, 0.25) is 5.91 Å². The Bertz CT molecular complexity index is 1910. The first-order valence-corrected chi connectivity index (χ1v) is 17.7. The van der Waals surface area contributed by atoms with Crippen LogP contribution in [0.3, 0.4) is 0 Å². The first kappa shape index (κ1) is 32.0. The third kappa shape index (κ3) is 6.12. The molecular weight excluding hydrogens is 643 g/mol. The fraction of sp³-hybridized carbons (Fsp3) is 0.459. The Hall–Kier alpha value is -4.22. The molecule has 4 aliphatic rings. The van der Waals surface area contributed by atoms with Crippen molar-refractivity contribution in [3.8, 4) is 6.01 Å². The van der Waals surface area contributed by atoms with Crippen LogP contribution in [0.15, 0.2) is 55.0 Å². The Morgan fingerprint density at radius 3 is 2.86 bits per heavy atom. The average Bonchev–Trinajstić information content (AvgIpc) is 3.90. The summed E-state index contributed by atoms with van der Waals surface area (Å²) >= 11 is 6.74. The monoisotopic (exact) mass is 684 g/mol. The topological polar surface area (TPSA) is 82.9 Å². The van der Waals surface area contributed by atoms with Gasteiger partial charge in [-0.15, -0.1) is 0 Å². The molecule has 0 N–H and O–H groups in total. The van der Waals surface area contributed by atoms with Crippen molar-refractivity contribution in [1.29, 1.82) is 0 Å². The number of likely N-dealkylation sites (N-methyl/N-ethyl adjacent to an activating group) is 1. The fourth-order valence-corrected chi connectivity index (χ4v) is 8.63. The van der Waals surface area contributed by atoms with E-state index in [0.29, 0.717) is 45.2 Å². The summed E-state index contributed by atoms with van der Waals surface area (Å²) in [7, 11) is 3.97. The van der Waals surface area contributed by atoms with Crippen molar-refractivity contribution in [2.45, 2.75) is 56.4 Å². The lowest BCUT2D eigenvalue weighted by atomic mass is 9.95.